The van der Waals surface area contributed by atoms with E-state index in [1.165, 1.54) is 22.7 Å². The van der Waals surface area contributed by atoms with Crippen molar-refractivity contribution in [1.82, 2.24) is 9.97 Å². The Morgan fingerprint density at radius 1 is 1.19 bits per heavy atom. The van der Waals surface area contributed by atoms with Crippen molar-refractivity contribution in [2.75, 3.05) is 19.5 Å². The van der Waals surface area contributed by atoms with Gasteiger partial charge < -0.3 is 13.9 Å². The predicted octanol–water partition coefficient (Wildman–Crippen LogP) is 4.28. The fourth-order valence-corrected chi connectivity index (χ4v) is 4.00. The zero-order valence-electron chi connectivity index (χ0n) is 13.8. The molecule has 0 unspecified atom stereocenters. The first-order chi connectivity index (χ1) is 12.7. The molecule has 1 aromatic carbocycles. The van der Waals surface area contributed by atoms with Crippen molar-refractivity contribution in [3.63, 3.8) is 0 Å². The maximum absolute atomic E-state index is 12.4. The Bertz CT molecular complexity index is 1030. The molecule has 0 fully saturated rings. The standard InChI is InChI=1S/C17H13N3O4S2/c1-22-12-6-9-14(7-13(12)23-2)26-17(19-9)20-15(21)10-8-25-16(18-10)11-4-3-5-24-11/h3-8H,1-2H3,(H,19,20,21). The number of ether oxygens (including phenoxy) is 2. The number of hydrogen-bond acceptors (Lipinski definition) is 8. The van der Waals surface area contributed by atoms with Crippen molar-refractivity contribution in [1.29, 1.82) is 0 Å². The largest absolute Gasteiger partial charge is 0.493 e. The van der Waals surface area contributed by atoms with Crippen molar-refractivity contribution < 1.29 is 18.7 Å². The van der Waals surface area contributed by atoms with E-state index in [2.05, 4.69) is 15.3 Å². The highest BCUT2D eigenvalue weighted by Gasteiger charge is 2.16. The summed E-state index contributed by atoms with van der Waals surface area (Å²) in [6, 6.07) is 7.19. The molecule has 1 amide bonds. The molecule has 3 aromatic heterocycles. The molecule has 9 heteroatoms. The van der Waals surface area contributed by atoms with E-state index in [1.807, 2.05) is 6.07 Å². The number of hydrogen-bond donors (Lipinski definition) is 1. The van der Waals surface area contributed by atoms with Gasteiger partial charge in [-0.1, -0.05) is 11.3 Å². The number of fused-ring (bicyclic) bond motifs is 1. The number of furan rings is 1. The Kier molecular flexibility index (Phi) is 4.31. The molecule has 0 saturated carbocycles. The molecule has 132 valence electrons. The van der Waals surface area contributed by atoms with Crippen molar-refractivity contribution in [2.45, 2.75) is 0 Å². The molecule has 7 nitrogen and oxygen atoms in total. The smallest absolute Gasteiger partial charge is 0.276 e. The number of thiazole rings is 2. The highest BCUT2D eigenvalue weighted by atomic mass is 32.1. The first-order valence-corrected chi connectivity index (χ1v) is 9.21. The van der Waals surface area contributed by atoms with E-state index in [1.54, 1.807) is 44.1 Å². The van der Waals surface area contributed by atoms with Crippen LogP contribution in [0.3, 0.4) is 0 Å². The molecule has 3 heterocycles. The van der Waals surface area contributed by atoms with Gasteiger partial charge >= 0.3 is 0 Å². The molecule has 0 radical (unpaired) electrons. The minimum absolute atomic E-state index is 0.316. The van der Waals surface area contributed by atoms with Crippen molar-refractivity contribution in [3.8, 4) is 22.3 Å². The van der Waals surface area contributed by atoms with Crippen LogP contribution in [0.1, 0.15) is 10.5 Å². The Labute approximate surface area is 156 Å². The number of aromatic nitrogens is 2. The number of nitrogens with one attached hydrogen (secondary N) is 1. The second-order valence-corrected chi connectivity index (χ2v) is 7.05. The number of rotatable bonds is 5. The van der Waals surface area contributed by atoms with Gasteiger partial charge in [-0.05, 0) is 12.1 Å². The number of anilines is 1. The molecule has 1 N–H and O–H groups in total. The molecular formula is C17H13N3O4S2. The second kappa shape index (κ2) is 6.77. The lowest BCUT2D eigenvalue weighted by Gasteiger charge is -2.05. The third kappa shape index (κ3) is 3.02. The number of benzene rings is 1. The van der Waals surface area contributed by atoms with Gasteiger partial charge in [-0.3, -0.25) is 10.1 Å². The maximum Gasteiger partial charge on any atom is 0.276 e. The molecule has 4 rings (SSSR count). The minimum atomic E-state index is -0.322. The third-order valence-electron chi connectivity index (χ3n) is 3.58. The zero-order chi connectivity index (χ0) is 18.1. The van der Waals surface area contributed by atoms with Crippen molar-refractivity contribution >= 4 is 43.9 Å². The normalized spacial score (nSPS) is 10.8. The van der Waals surface area contributed by atoms with Gasteiger partial charge in [0.25, 0.3) is 5.91 Å². The van der Waals surface area contributed by atoms with Crippen LogP contribution in [0.25, 0.3) is 21.0 Å². The fraction of sp³-hybridized carbons (Fsp3) is 0.118. The summed E-state index contributed by atoms with van der Waals surface area (Å²) in [5, 5.41) is 5.60. The third-order valence-corrected chi connectivity index (χ3v) is 5.37. The van der Waals surface area contributed by atoms with Crippen molar-refractivity contribution in [3.05, 3.63) is 41.6 Å². The molecule has 26 heavy (non-hydrogen) atoms. The zero-order valence-corrected chi connectivity index (χ0v) is 15.4. The lowest BCUT2D eigenvalue weighted by atomic mass is 10.3. The average molecular weight is 387 g/mol. The van der Waals surface area contributed by atoms with Crippen LogP contribution in [-0.4, -0.2) is 30.1 Å². The van der Waals surface area contributed by atoms with Gasteiger partial charge in [0.15, 0.2) is 27.4 Å². The Hall–Kier alpha value is -2.91. The number of nitrogens with zero attached hydrogens (tertiary/aromatic N) is 2. The summed E-state index contributed by atoms with van der Waals surface area (Å²) in [5.41, 5.74) is 1.04. The van der Waals surface area contributed by atoms with Crippen molar-refractivity contribution in [2.24, 2.45) is 0 Å². The summed E-state index contributed by atoms with van der Waals surface area (Å²) in [4.78, 5) is 21.2. The Morgan fingerprint density at radius 3 is 2.73 bits per heavy atom. The van der Waals surface area contributed by atoms with E-state index in [-0.39, 0.29) is 5.91 Å². The van der Waals surface area contributed by atoms with E-state index >= 15 is 0 Å². The SMILES string of the molecule is COc1cc2nc(NC(=O)c3csc(-c4ccco4)n3)sc2cc1OC. The van der Waals surface area contributed by atoms with Crippen LogP contribution in [0.4, 0.5) is 5.13 Å². The highest BCUT2D eigenvalue weighted by Crippen LogP contribution is 2.36. The Balaban J connectivity index is 1.57. The molecule has 0 aliphatic rings. The van der Waals surface area contributed by atoms with Crippen LogP contribution in [0.15, 0.2) is 40.3 Å². The molecule has 0 atom stereocenters. The molecule has 0 aliphatic heterocycles. The second-order valence-electron chi connectivity index (χ2n) is 5.16. The van der Waals surface area contributed by atoms with Crippen LogP contribution >= 0.6 is 22.7 Å². The van der Waals surface area contributed by atoms with Gasteiger partial charge in [0.2, 0.25) is 0 Å². The first-order valence-electron chi connectivity index (χ1n) is 7.51. The monoisotopic (exact) mass is 387 g/mol. The topological polar surface area (TPSA) is 86.5 Å². The summed E-state index contributed by atoms with van der Waals surface area (Å²) in [7, 11) is 3.14. The van der Waals surface area contributed by atoms with Crippen LogP contribution < -0.4 is 14.8 Å². The number of amides is 1. The maximum atomic E-state index is 12.4. The molecular weight excluding hydrogens is 374 g/mol. The average Bonchev–Trinajstić information content (AvgIpc) is 3.38. The minimum Gasteiger partial charge on any atom is -0.493 e. The Morgan fingerprint density at radius 2 is 2.00 bits per heavy atom. The van der Waals surface area contributed by atoms with E-state index < -0.39 is 0 Å². The van der Waals surface area contributed by atoms with Crippen LogP contribution in [-0.2, 0) is 0 Å². The summed E-state index contributed by atoms with van der Waals surface area (Å²) < 4.78 is 16.7. The van der Waals surface area contributed by atoms with E-state index in [9.17, 15) is 4.79 Å². The lowest BCUT2D eigenvalue weighted by Crippen LogP contribution is -2.11. The van der Waals surface area contributed by atoms with Crippen LogP contribution in [0, 0.1) is 0 Å². The molecule has 0 spiro atoms. The van der Waals surface area contributed by atoms with Crippen LogP contribution in [0.2, 0.25) is 0 Å². The van der Waals surface area contributed by atoms with E-state index in [4.69, 9.17) is 13.9 Å². The van der Waals surface area contributed by atoms with E-state index in [0.29, 0.717) is 33.1 Å². The van der Waals surface area contributed by atoms with Crippen LogP contribution in [0.5, 0.6) is 11.5 Å². The summed E-state index contributed by atoms with van der Waals surface area (Å²) in [6.07, 6.45) is 1.57. The summed E-state index contributed by atoms with van der Waals surface area (Å²) in [5.74, 6) is 1.51. The summed E-state index contributed by atoms with van der Waals surface area (Å²) >= 11 is 2.70. The van der Waals surface area contributed by atoms with Gasteiger partial charge in [-0.25, -0.2) is 9.97 Å². The molecule has 0 saturated heterocycles. The number of carbonyl (C=O) groups excluding carboxylic acids is 1. The van der Waals surface area contributed by atoms with Gasteiger partial charge in [-0.15, -0.1) is 11.3 Å². The van der Waals surface area contributed by atoms with Gasteiger partial charge in [0, 0.05) is 17.5 Å². The first kappa shape index (κ1) is 16.6. The molecule has 0 bridgehead atoms. The predicted molar refractivity (Wildman–Crippen MR) is 100 cm³/mol. The number of methoxy groups -OCH3 is 2. The molecule has 4 aromatic rings. The number of carbonyl (C=O) groups is 1. The van der Waals surface area contributed by atoms with E-state index in [0.717, 1.165) is 10.2 Å². The fourth-order valence-electron chi connectivity index (χ4n) is 2.36. The molecule has 0 aliphatic carbocycles. The van der Waals surface area contributed by atoms with Gasteiger partial charge in [0.1, 0.15) is 5.69 Å². The summed E-state index contributed by atoms with van der Waals surface area (Å²) in [6.45, 7) is 0. The highest BCUT2D eigenvalue weighted by molar-refractivity contribution is 7.22. The quantitative estimate of drug-likeness (QED) is 0.550. The lowest BCUT2D eigenvalue weighted by molar-refractivity contribution is 0.102. The van der Waals surface area contributed by atoms with Gasteiger partial charge in [-0.2, -0.15) is 0 Å². The van der Waals surface area contributed by atoms with Gasteiger partial charge in [0.05, 0.1) is 30.7 Å².